The molecule has 0 spiro atoms. The number of thiazole rings is 1. The number of hydrogen-bond acceptors (Lipinski definition) is 4. The second kappa shape index (κ2) is 8.97. The zero-order valence-electron chi connectivity index (χ0n) is 16.3. The van der Waals surface area contributed by atoms with Gasteiger partial charge in [-0.2, -0.15) is 4.99 Å². The highest BCUT2D eigenvalue weighted by Gasteiger charge is 2.13. The van der Waals surface area contributed by atoms with Crippen molar-refractivity contribution in [2.45, 2.75) is 39.7 Å². The quantitative estimate of drug-likeness (QED) is 0.591. The zero-order chi connectivity index (χ0) is 20.1. The van der Waals surface area contributed by atoms with Crippen molar-refractivity contribution in [2.75, 3.05) is 6.61 Å². The van der Waals surface area contributed by atoms with Crippen LogP contribution in [0.3, 0.4) is 0 Å². The van der Waals surface area contributed by atoms with Crippen LogP contribution in [0.15, 0.2) is 53.5 Å². The van der Waals surface area contributed by atoms with E-state index in [9.17, 15) is 9.59 Å². The summed E-state index contributed by atoms with van der Waals surface area (Å²) in [5, 5.41) is 0. The number of esters is 1. The van der Waals surface area contributed by atoms with Crippen LogP contribution >= 0.6 is 11.3 Å². The van der Waals surface area contributed by atoms with E-state index in [1.54, 1.807) is 11.5 Å². The van der Waals surface area contributed by atoms with Crippen LogP contribution in [0.5, 0.6) is 0 Å². The number of carbonyl (C=O) groups excluding carboxylic acids is 2. The topological polar surface area (TPSA) is 60.7 Å². The smallest absolute Gasteiger partial charge is 0.326 e. The monoisotopic (exact) mass is 396 g/mol. The van der Waals surface area contributed by atoms with E-state index < -0.39 is 0 Å². The summed E-state index contributed by atoms with van der Waals surface area (Å²) < 4.78 is 7.87. The standard InChI is InChI=1S/C22H24N2O3S/c1-4-27-21(26)14-24-18-11-10-17(15(2)3)13-19(18)28-22(24)23-20(25)12-16-8-6-5-7-9-16/h5-11,13,15H,4,12,14H2,1-3H3. The molecule has 146 valence electrons. The first-order chi connectivity index (χ1) is 13.5. The molecule has 0 fully saturated rings. The molecule has 1 heterocycles. The average Bonchev–Trinajstić information content (AvgIpc) is 2.98. The Balaban J connectivity index is 2.02. The Morgan fingerprint density at radius 2 is 1.89 bits per heavy atom. The summed E-state index contributed by atoms with van der Waals surface area (Å²) in [5.74, 6) is -0.184. The molecule has 0 atom stereocenters. The van der Waals surface area contributed by atoms with Gasteiger partial charge in [0.05, 0.1) is 23.2 Å². The lowest BCUT2D eigenvalue weighted by Gasteiger charge is -2.07. The van der Waals surface area contributed by atoms with Crippen molar-refractivity contribution in [3.63, 3.8) is 0 Å². The molecule has 2 aromatic carbocycles. The molecule has 28 heavy (non-hydrogen) atoms. The van der Waals surface area contributed by atoms with Crippen LogP contribution in [0.25, 0.3) is 10.2 Å². The van der Waals surface area contributed by atoms with Crippen LogP contribution in [-0.2, 0) is 27.3 Å². The average molecular weight is 397 g/mol. The largest absolute Gasteiger partial charge is 0.465 e. The highest BCUT2D eigenvalue weighted by molar-refractivity contribution is 7.16. The van der Waals surface area contributed by atoms with Gasteiger partial charge in [0, 0.05) is 0 Å². The lowest BCUT2D eigenvalue weighted by Crippen LogP contribution is -2.23. The van der Waals surface area contributed by atoms with Crippen LogP contribution in [0.4, 0.5) is 0 Å². The SMILES string of the molecule is CCOC(=O)Cn1c(=NC(=O)Cc2ccccc2)sc2cc(C(C)C)ccc21. The normalized spacial score (nSPS) is 11.9. The van der Waals surface area contributed by atoms with Crippen molar-refractivity contribution in [2.24, 2.45) is 4.99 Å². The Hall–Kier alpha value is -2.73. The van der Waals surface area contributed by atoms with Crippen LogP contribution in [-0.4, -0.2) is 23.1 Å². The summed E-state index contributed by atoms with van der Waals surface area (Å²) in [4.78, 5) is 29.4. The van der Waals surface area contributed by atoms with Gasteiger partial charge in [-0.1, -0.05) is 61.6 Å². The van der Waals surface area contributed by atoms with Crippen molar-refractivity contribution in [1.82, 2.24) is 4.57 Å². The molecular weight excluding hydrogens is 372 g/mol. The minimum Gasteiger partial charge on any atom is -0.465 e. The van der Waals surface area contributed by atoms with E-state index in [4.69, 9.17) is 4.74 Å². The van der Waals surface area contributed by atoms with E-state index in [1.165, 1.54) is 16.9 Å². The number of hydrogen-bond donors (Lipinski definition) is 0. The Morgan fingerprint density at radius 3 is 2.57 bits per heavy atom. The molecule has 3 aromatic rings. The van der Waals surface area contributed by atoms with E-state index in [1.807, 2.05) is 36.4 Å². The third-order valence-corrected chi connectivity index (χ3v) is 5.43. The molecule has 0 N–H and O–H groups in total. The maximum Gasteiger partial charge on any atom is 0.326 e. The number of aromatic nitrogens is 1. The summed E-state index contributed by atoms with van der Waals surface area (Å²) in [5.41, 5.74) is 3.00. The fourth-order valence-electron chi connectivity index (χ4n) is 2.94. The van der Waals surface area contributed by atoms with Crippen molar-refractivity contribution < 1.29 is 14.3 Å². The van der Waals surface area contributed by atoms with Gasteiger partial charge in [0.25, 0.3) is 5.91 Å². The Bertz CT molecular complexity index is 1050. The second-order valence-corrected chi connectivity index (χ2v) is 7.83. The summed E-state index contributed by atoms with van der Waals surface area (Å²) in [6.45, 7) is 6.40. The number of ether oxygens (including phenoxy) is 1. The maximum absolute atomic E-state index is 12.5. The molecule has 0 aliphatic carbocycles. The van der Waals surface area contributed by atoms with E-state index in [0.717, 1.165) is 15.8 Å². The van der Waals surface area contributed by atoms with Gasteiger partial charge in [-0.25, -0.2) is 0 Å². The first-order valence-electron chi connectivity index (χ1n) is 9.38. The van der Waals surface area contributed by atoms with E-state index in [2.05, 4.69) is 31.0 Å². The molecule has 0 saturated carbocycles. The van der Waals surface area contributed by atoms with Gasteiger partial charge in [-0.15, -0.1) is 0 Å². The van der Waals surface area contributed by atoms with Gasteiger partial charge < -0.3 is 9.30 Å². The van der Waals surface area contributed by atoms with Crippen LogP contribution in [0.1, 0.15) is 37.8 Å². The Kier molecular flexibility index (Phi) is 6.41. The molecule has 3 rings (SSSR count). The molecule has 0 radical (unpaired) electrons. The number of fused-ring (bicyclic) bond motifs is 1. The van der Waals surface area contributed by atoms with Gasteiger partial charge in [-0.05, 0) is 36.1 Å². The van der Waals surface area contributed by atoms with Gasteiger partial charge >= 0.3 is 5.97 Å². The Labute approximate surface area is 168 Å². The van der Waals surface area contributed by atoms with Crippen LogP contribution in [0.2, 0.25) is 0 Å². The zero-order valence-corrected chi connectivity index (χ0v) is 17.2. The molecule has 0 bridgehead atoms. The fourth-order valence-corrected chi connectivity index (χ4v) is 4.03. The van der Waals surface area contributed by atoms with Crippen molar-refractivity contribution in [3.8, 4) is 0 Å². The third-order valence-electron chi connectivity index (χ3n) is 4.38. The lowest BCUT2D eigenvalue weighted by molar-refractivity contribution is -0.143. The van der Waals surface area contributed by atoms with E-state index >= 15 is 0 Å². The Morgan fingerprint density at radius 1 is 1.14 bits per heavy atom. The molecule has 1 aromatic heterocycles. The fraction of sp³-hybridized carbons (Fsp3) is 0.318. The molecule has 0 unspecified atom stereocenters. The molecule has 5 nitrogen and oxygen atoms in total. The number of nitrogens with zero attached hydrogens (tertiary/aromatic N) is 2. The molecule has 0 saturated heterocycles. The maximum atomic E-state index is 12.5. The minimum absolute atomic E-state index is 0.0340. The number of rotatable bonds is 6. The third kappa shape index (κ3) is 4.75. The predicted octanol–water partition coefficient (Wildman–Crippen LogP) is 4.06. The lowest BCUT2D eigenvalue weighted by atomic mass is 10.0. The summed E-state index contributed by atoms with van der Waals surface area (Å²) in [7, 11) is 0. The molecule has 0 aliphatic heterocycles. The highest BCUT2D eigenvalue weighted by atomic mass is 32.1. The molecule has 6 heteroatoms. The van der Waals surface area contributed by atoms with Crippen LogP contribution < -0.4 is 4.80 Å². The van der Waals surface area contributed by atoms with Gasteiger partial charge in [0.1, 0.15) is 6.54 Å². The van der Waals surface area contributed by atoms with Crippen molar-refractivity contribution >= 4 is 33.4 Å². The summed E-state index contributed by atoms with van der Waals surface area (Å²) in [6.07, 6.45) is 0.228. The van der Waals surface area contributed by atoms with E-state index in [-0.39, 0.29) is 24.8 Å². The summed E-state index contributed by atoms with van der Waals surface area (Å²) in [6, 6.07) is 15.7. The van der Waals surface area contributed by atoms with E-state index in [0.29, 0.717) is 17.3 Å². The molecule has 1 amide bonds. The molecular formula is C22H24N2O3S. The first kappa shape index (κ1) is 20.0. The van der Waals surface area contributed by atoms with Gasteiger partial charge in [0.2, 0.25) is 0 Å². The van der Waals surface area contributed by atoms with Gasteiger partial charge in [0.15, 0.2) is 4.80 Å². The van der Waals surface area contributed by atoms with Crippen molar-refractivity contribution in [3.05, 3.63) is 64.5 Å². The minimum atomic E-state index is -0.341. The highest BCUT2D eigenvalue weighted by Crippen LogP contribution is 2.23. The first-order valence-corrected chi connectivity index (χ1v) is 10.2. The number of amides is 1. The molecule has 0 aliphatic rings. The van der Waals surface area contributed by atoms with Gasteiger partial charge in [-0.3, -0.25) is 9.59 Å². The number of carbonyl (C=O) groups is 2. The van der Waals surface area contributed by atoms with Crippen LogP contribution in [0, 0.1) is 0 Å². The second-order valence-electron chi connectivity index (χ2n) is 6.83. The summed E-state index contributed by atoms with van der Waals surface area (Å²) >= 11 is 1.42. The number of benzene rings is 2. The van der Waals surface area contributed by atoms with Crippen molar-refractivity contribution in [1.29, 1.82) is 0 Å². The predicted molar refractivity (Wildman–Crippen MR) is 111 cm³/mol.